The Morgan fingerprint density at radius 2 is 1.57 bits per heavy atom. The van der Waals surface area contributed by atoms with Gasteiger partial charge in [0.2, 0.25) is 11.7 Å². The van der Waals surface area contributed by atoms with Crippen LogP contribution in [0.15, 0.2) is 17.0 Å². The first-order valence-corrected chi connectivity index (χ1v) is 9.38. The van der Waals surface area contributed by atoms with Crippen molar-refractivity contribution in [2.75, 3.05) is 6.54 Å². The number of rotatable bonds is 7. The third-order valence-electron chi connectivity index (χ3n) is 3.81. The van der Waals surface area contributed by atoms with Gasteiger partial charge in [0.25, 0.3) is 0 Å². The van der Waals surface area contributed by atoms with Crippen LogP contribution in [0.4, 0.5) is 26.3 Å². The minimum absolute atomic E-state index is 0.0714. The number of carbonyl (C=O) groups excluding carboxylic acids is 1. The van der Waals surface area contributed by atoms with E-state index in [1.807, 2.05) is 0 Å². The van der Waals surface area contributed by atoms with E-state index in [1.165, 1.54) is 6.92 Å². The summed E-state index contributed by atoms with van der Waals surface area (Å²) in [6.45, 7) is 1.23. The number of carbonyl (C=O) groups is 2. The molecular formula is C18H12ClF6NO3S. The summed E-state index contributed by atoms with van der Waals surface area (Å²) < 4.78 is 82.6. The van der Waals surface area contributed by atoms with Gasteiger partial charge >= 0.3 is 5.97 Å². The van der Waals surface area contributed by atoms with Crippen molar-refractivity contribution in [2.45, 2.75) is 23.5 Å². The number of carboxylic acid groups (broad SMARTS) is 1. The molecule has 1 amide bonds. The molecule has 2 N–H and O–H groups in total. The smallest absolute Gasteiger partial charge is 0.305 e. The summed E-state index contributed by atoms with van der Waals surface area (Å²) in [5, 5.41) is 9.71. The maximum absolute atomic E-state index is 14.3. The van der Waals surface area contributed by atoms with Gasteiger partial charge in [0, 0.05) is 17.0 Å². The van der Waals surface area contributed by atoms with Gasteiger partial charge in [-0.15, -0.1) is 11.8 Å². The lowest BCUT2D eigenvalue weighted by atomic mass is 10.0. The number of halogens is 7. The molecule has 0 aromatic heterocycles. The lowest BCUT2D eigenvalue weighted by Gasteiger charge is -2.15. The van der Waals surface area contributed by atoms with E-state index in [-0.39, 0.29) is 22.9 Å². The van der Waals surface area contributed by atoms with E-state index in [0.717, 1.165) is 6.07 Å². The Bertz CT molecular complexity index is 991. The summed E-state index contributed by atoms with van der Waals surface area (Å²) in [6, 6.07) is 1.38. The Kier molecular flexibility index (Phi) is 7.64. The number of nitrogens with one attached hydrogen (secondary N) is 1. The van der Waals surface area contributed by atoms with E-state index in [4.69, 9.17) is 16.7 Å². The van der Waals surface area contributed by atoms with Crippen molar-refractivity contribution >= 4 is 35.2 Å². The highest BCUT2D eigenvalue weighted by molar-refractivity contribution is 8.00. The first-order chi connectivity index (χ1) is 14.0. The second kappa shape index (κ2) is 9.61. The lowest BCUT2D eigenvalue weighted by molar-refractivity contribution is -0.136. The predicted octanol–water partition coefficient (Wildman–Crippen LogP) is 4.91. The fraction of sp³-hybridized carbons (Fsp3) is 0.222. The molecular weight excluding hydrogens is 460 g/mol. The zero-order chi connectivity index (χ0) is 22.7. The fourth-order valence-electron chi connectivity index (χ4n) is 2.33. The quantitative estimate of drug-likeness (QED) is 0.260. The van der Waals surface area contributed by atoms with Gasteiger partial charge in [-0.3, -0.25) is 9.59 Å². The predicted molar refractivity (Wildman–Crippen MR) is 97.2 cm³/mol. The van der Waals surface area contributed by atoms with Gasteiger partial charge in [-0.05, 0) is 19.1 Å². The molecule has 2 aromatic carbocycles. The number of benzene rings is 2. The Morgan fingerprint density at radius 3 is 2.10 bits per heavy atom. The van der Waals surface area contributed by atoms with Crippen molar-refractivity contribution in [2.24, 2.45) is 0 Å². The Labute approximate surface area is 175 Å². The second-order valence-corrected chi connectivity index (χ2v) is 7.69. The van der Waals surface area contributed by atoms with Gasteiger partial charge in [0.05, 0.1) is 22.3 Å². The minimum Gasteiger partial charge on any atom is -0.481 e. The van der Waals surface area contributed by atoms with Gasteiger partial charge in [-0.25, -0.2) is 26.3 Å². The van der Waals surface area contributed by atoms with Crippen molar-refractivity contribution in [3.05, 3.63) is 52.1 Å². The number of thioether (sulfide) groups is 1. The molecule has 30 heavy (non-hydrogen) atoms. The van der Waals surface area contributed by atoms with Crippen molar-refractivity contribution < 1.29 is 41.0 Å². The Hall–Kier alpha value is -2.40. The molecule has 0 saturated heterocycles. The first-order valence-electron chi connectivity index (χ1n) is 8.12. The highest BCUT2D eigenvalue weighted by Crippen LogP contribution is 2.39. The average Bonchev–Trinajstić information content (AvgIpc) is 2.67. The van der Waals surface area contributed by atoms with E-state index in [9.17, 15) is 35.9 Å². The maximum Gasteiger partial charge on any atom is 0.305 e. The summed E-state index contributed by atoms with van der Waals surface area (Å²) in [7, 11) is 0. The normalized spacial score (nSPS) is 12.0. The number of hydrogen-bond acceptors (Lipinski definition) is 3. The molecule has 0 spiro atoms. The summed E-state index contributed by atoms with van der Waals surface area (Å²) in [4.78, 5) is 22.4. The van der Waals surface area contributed by atoms with Crippen molar-refractivity contribution in [1.82, 2.24) is 5.32 Å². The van der Waals surface area contributed by atoms with E-state index in [2.05, 4.69) is 5.32 Å². The SMILES string of the molecule is C[C@@H](Sc1cc(-c2c(F)c(F)c(F)c(F)c2F)c(F)cc1Cl)C(=O)NCCC(=O)O. The van der Waals surface area contributed by atoms with Gasteiger partial charge in [0.1, 0.15) is 5.82 Å². The van der Waals surface area contributed by atoms with Crippen LogP contribution in [0.3, 0.4) is 0 Å². The van der Waals surface area contributed by atoms with Crippen LogP contribution in [0.5, 0.6) is 0 Å². The van der Waals surface area contributed by atoms with Gasteiger partial charge in [0.15, 0.2) is 23.3 Å². The molecule has 0 bridgehead atoms. The van der Waals surface area contributed by atoms with E-state index in [1.54, 1.807) is 0 Å². The van der Waals surface area contributed by atoms with Crippen LogP contribution in [-0.4, -0.2) is 28.8 Å². The molecule has 0 unspecified atom stereocenters. The van der Waals surface area contributed by atoms with Crippen LogP contribution in [0.2, 0.25) is 5.02 Å². The van der Waals surface area contributed by atoms with Crippen LogP contribution < -0.4 is 5.32 Å². The molecule has 0 saturated carbocycles. The number of aliphatic carboxylic acids is 1. The lowest BCUT2D eigenvalue weighted by Crippen LogP contribution is -2.32. The largest absolute Gasteiger partial charge is 0.481 e. The molecule has 162 valence electrons. The third-order valence-corrected chi connectivity index (χ3v) is 5.40. The molecule has 0 aliphatic rings. The molecule has 2 rings (SSSR count). The highest BCUT2D eigenvalue weighted by Gasteiger charge is 2.29. The minimum atomic E-state index is -2.38. The Balaban J connectivity index is 2.40. The summed E-state index contributed by atoms with van der Waals surface area (Å²) in [6.07, 6.45) is -0.329. The zero-order valence-electron chi connectivity index (χ0n) is 15.0. The average molecular weight is 472 g/mol. The van der Waals surface area contributed by atoms with Crippen LogP contribution in [-0.2, 0) is 9.59 Å². The topological polar surface area (TPSA) is 66.4 Å². The second-order valence-electron chi connectivity index (χ2n) is 5.90. The fourth-order valence-corrected chi connectivity index (χ4v) is 3.55. The van der Waals surface area contributed by atoms with Gasteiger partial charge in [-0.2, -0.15) is 0 Å². The van der Waals surface area contributed by atoms with Crippen LogP contribution in [0.25, 0.3) is 11.1 Å². The molecule has 0 fully saturated rings. The number of amides is 1. The standard InChI is InChI=1S/C18H12ClF6NO3S/c1-6(18(29)26-3-2-11(27)28)30-10-4-7(9(20)5-8(10)19)12-13(21)15(23)17(25)16(24)14(12)22/h4-6H,2-3H2,1H3,(H,26,29)(H,27,28)/t6-/m1/s1. The molecule has 1 atom stereocenters. The van der Waals surface area contributed by atoms with Crippen molar-refractivity contribution in [3.63, 3.8) is 0 Å². The molecule has 0 aliphatic carbocycles. The Morgan fingerprint density at radius 1 is 1.03 bits per heavy atom. The van der Waals surface area contributed by atoms with Crippen LogP contribution >= 0.6 is 23.4 Å². The maximum atomic E-state index is 14.3. The van der Waals surface area contributed by atoms with Gasteiger partial charge in [-0.1, -0.05) is 11.6 Å². The molecule has 0 radical (unpaired) electrons. The molecule has 12 heteroatoms. The number of carboxylic acids is 1. The zero-order valence-corrected chi connectivity index (χ0v) is 16.5. The first kappa shape index (κ1) is 23.9. The highest BCUT2D eigenvalue weighted by atomic mass is 35.5. The molecule has 0 heterocycles. The molecule has 0 aliphatic heterocycles. The third kappa shape index (κ3) is 5.01. The van der Waals surface area contributed by atoms with Crippen LogP contribution in [0, 0.1) is 34.9 Å². The molecule has 2 aromatic rings. The van der Waals surface area contributed by atoms with Gasteiger partial charge < -0.3 is 10.4 Å². The monoisotopic (exact) mass is 471 g/mol. The number of hydrogen-bond donors (Lipinski definition) is 2. The van der Waals surface area contributed by atoms with E-state index >= 15 is 0 Å². The summed E-state index contributed by atoms with van der Waals surface area (Å²) in [5.74, 6) is -14.4. The van der Waals surface area contributed by atoms with Crippen molar-refractivity contribution in [1.29, 1.82) is 0 Å². The summed E-state index contributed by atoms with van der Waals surface area (Å²) in [5.41, 5.74) is -2.41. The van der Waals surface area contributed by atoms with Crippen molar-refractivity contribution in [3.8, 4) is 11.1 Å². The van der Waals surface area contributed by atoms with E-state index < -0.39 is 63.2 Å². The van der Waals surface area contributed by atoms with Crippen LogP contribution in [0.1, 0.15) is 13.3 Å². The molecule has 4 nitrogen and oxygen atoms in total. The summed E-state index contributed by atoms with van der Waals surface area (Å²) >= 11 is 6.60. The van der Waals surface area contributed by atoms with E-state index in [0.29, 0.717) is 17.8 Å².